The Labute approximate surface area is 118 Å². The van der Waals surface area contributed by atoms with Crippen molar-refractivity contribution in [1.82, 2.24) is 0 Å². The van der Waals surface area contributed by atoms with Gasteiger partial charge in [0, 0.05) is 10.8 Å². The van der Waals surface area contributed by atoms with Gasteiger partial charge in [0.15, 0.2) is 0 Å². The molecular formula is C16H17ClS. The lowest BCUT2D eigenvalue weighted by Gasteiger charge is -2.03. The molecule has 0 aromatic heterocycles. The molecule has 0 saturated carbocycles. The minimum Gasteiger partial charge on any atom is -0.126 e. The van der Waals surface area contributed by atoms with Gasteiger partial charge in [0.05, 0.1) is 0 Å². The average molecular weight is 277 g/mol. The molecule has 0 amide bonds. The van der Waals surface area contributed by atoms with Gasteiger partial charge in [-0.05, 0) is 41.9 Å². The second-order valence-corrected chi connectivity index (χ2v) is 5.65. The van der Waals surface area contributed by atoms with E-state index in [0.717, 1.165) is 12.2 Å². The first-order chi connectivity index (χ1) is 8.88. The van der Waals surface area contributed by atoms with Crippen LogP contribution in [0, 0.1) is 0 Å². The predicted molar refractivity (Wildman–Crippen MR) is 81.5 cm³/mol. The minimum atomic E-state index is 0.596. The molecule has 0 heterocycles. The van der Waals surface area contributed by atoms with Gasteiger partial charge in [0.1, 0.15) is 0 Å². The zero-order chi connectivity index (χ0) is 12.6. The van der Waals surface area contributed by atoms with Gasteiger partial charge in [-0.3, -0.25) is 0 Å². The van der Waals surface area contributed by atoms with Crippen molar-refractivity contribution < 1.29 is 0 Å². The van der Waals surface area contributed by atoms with Gasteiger partial charge in [-0.2, -0.15) is 0 Å². The highest BCUT2D eigenvalue weighted by Crippen LogP contribution is 2.20. The van der Waals surface area contributed by atoms with E-state index in [0.29, 0.717) is 5.88 Å². The summed E-state index contributed by atoms with van der Waals surface area (Å²) in [6, 6.07) is 19.2. The van der Waals surface area contributed by atoms with Crippen LogP contribution in [0.5, 0.6) is 0 Å². The first-order valence-electron chi connectivity index (χ1n) is 6.20. The Bertz CT molecular complexity index is 450. The van der Waals surface area contributed by atoms with Crippen LogP contribution < -0.4 is 0 Å². The van der Waals surface area contributed by atoms with Gasteiger partial charge < -0.3 is 0 Å². The van der Waals surface area contributed by atoms with E-state index in [-0.39, 0.29) is 0 Å². The highest BCUT2D eigenvalue weighted by atomic mass is 35.5. The Morgan fingerprint density at radius 2 is 1.56 bits per heavy atom. The third-order valence-electron chi connectivity index (χ3n) is 2.80. The fraction of sp³-hybridized carbons (Fsp3) is 0.250. The van der Waals surface area contributed by atoms with Gasteiger partial charge in [-0.1, -0.05) is 42.5 Å². The van der Waals surface area contributed by atoms with Crippen molar-refractivity contribution in [3.05, 3.63) is 65.7 Å². The smallest absolute Gasteiger partial charge is 0.0474 e. The molecule has 0 N–H and O–H groups in total. The molecule has 0 aliphatic carbocycles. The zero-order valence-corrected chi connectivity index (χ0v) is 11.9. The Morgan fingerprint density at radius 1 is 0.833 bits per heavy atom. The molecule has 2 heteroatoms. The minimum absolute atomic E-state index is 0.596. The summed E-state index contributed by atoms with van der Waals surface area (Å²) in [6.07, 6.45) is 2.37. The van der Waals surface area contributed by atoms with Crippen molar-refractivity contribution in [3.63, 3.8) is 0 Å². The summed E-state index contributed by atoms with van der Waals surface area (Å²) in [5.41, 5.74) is 2.61. The molecule has 0 saturated heterocycles. The van der Waals surface area contributed by atoms with Crippen LogP contribution in [-0.2, 0) is 12.3 Å². The van der Waals surface area contributed by atoms with E-state index in [4.69, 9.17) is 11.6 Å². The summed E-state index contributed by atoms with van der Waals surface area (Å²) >= 11 is 7.68. The first-order valence-corrected chi connectivity index (χ1v) is 7.72. The van der Waals surface area contributed by atoms with E-state index >= 15 is 0 Å². The molecule has 0 fully saturated rings. The molecule has 0 aliphatic heterocycles. The Hall–Kier alpha value is -0.920. The summed E-state index contributed by atoms with van der Waals surface area (Å²) in [5.74, 6) is 1.76. The van der Waals surface area contributed by atoms with Gasteiger partial charge in [0.25, 0.3) is 0 Å². The number of rotatable bonds is 6. The normalized spacial score (nSPS) is 10.5. The molecule has 0 bridgehead atoms. The lowest BCUT2D eigenvalue weighted by molar-refractivity contribution is 0.933. The standard InChI is InChI=1S/C16H17ClS/c17-13-15-8-10-16(11-9-15)18-12-4-7-14-5-2-1-3-6-14/h1-3,5-6,8-11H,4,7,12-13H2. The Balaban J connectivity index is 1.72. The molecule has 0 spiro atoms. The topological polar surface area (TPSA) is 0 Å². The third kappa shape index (κ3) is 4.40. The van der Waals surface area contributed by atoms with Gasteiger partial charge in [-0.15, -0.1) is 23.4 Å². The molecule has 2 aromatic carbocycles. The maximum Gasteiger partial charge on any atom is 0.0474 e. The molecule has 94 valence electrons. The fourth-order valence-corrected chi connectivity index (χ4v) is 2.82. The number of thioether (sulfide) groups is 1. The number of aryl methyl sites for hydroxylation is 1. The van der Waals surface area contributed by atoms with Gasteiger partial charge >= 0.3 is 0 Å². The number of benzene rings is 2. The number of alkyl halides is 1. The van der Waals surface area contributed by atoms with E-state index in [9.17, 15) is 0 Å². The lowest BCUT2D eigenvalue weighted by atomic mass is 10.1. The van der Waals surface area contributed by atoms with Gasteiger partial charge in [0.2, 0.25) is 0 Å². The molecule has 2 rings (SSSR count). The summed E-state index contributed by atoms with van der Waals surface area (Å²) in [6.45, 7) is 0. The summed E-state index contributed by atoms with van der Waals surface area (Å²) < 4.78 is 0. The average Bonchev–Trinajstić information content (AvgIpc) is 2.45. The first kappa shape index (κ1) is 13.5. The monoisotopic (exact) mass is 276 g/mol. The number of halogens is 1. The number of hydrogen-bond acceptors (Lipinski definition) is 1. The van der Waals surface area contributed by atoms with Crippen LogP contribution in [0.2, 0.25) is 0 Å². The molecule has 0 aliphatic rings. The van der Waals surface area contributed by atoms with E-state index < -0.39 is 0 Å². The summed E-state index contributed by atoms with van der Waals surface area (Å²) in [7, 11) is 0. The van der Waals surface area contributed by atoms with Gasteiger partial charge in [-0.25, -0.2) is 0 Å². The third-order valence-corrected chi connectivity index (χ3v) is 4.21. The van der Waals surface area contributed by atoms with Crippen molar-refractivity contribution in [2.45, 2.75) is 23.6 Å². The van der Waals surface area contributed by atoms with E-state index in [1.807, 2.05) is 11.8 Å². The maximum atomic E-state index is 5.77. The lowest BCUT2D eigenvalue weighted by Crippen LogP contribution is -1.87. The van der Waals surface area contributed by atoms with Crippen molar-refractivity contribution in [3.8, 4) is 0 Å². The van der Waals surface area contributed by atoms with Crippen LogP contribution in [0.3, 0.4) is 0 Å². The van der Waals surface area contributed by atoms with Crippen LogP contribution >= 0.6 is 23.4 Å². The van der Waals surface area contributed by atoms with E-state index in [1.54, 1.807) is 0 Å². The largest absolute Gasteiger partial charge is 0.126 e. The second-order valence-electron chi connectivity index (χ2n) is 4.22. The van der Waals surface area contributed by atoms with Crippen LogP contribution in [0.4, 0.5) is 0 Å². The Morgan fingerprint density at radius 3 is 2.22 bits per heavy atom. The van der Waals surface area contributed by atoms with Crippen molar-refractivity contribution in [2.75, 3.05) is 5.75 Å². The molecule has 0 unspecified atom stereocenters. The maximum absolute atomic E-state index is 5.77. The molecule has 0 radical (unpaired) electrons. The van der Waals surface area contributed by atoms with Crippen LogP contribution in [-0.4, -0.2) is 5.75 Å². The molecule has 2 aromatic rings. The number of hydrogen-bond donors (Lipinski definition) is 0. The van der Waals surface area contributed by atoms with Crippen LogP contribution in [0.1, 0.15) is 17.5 Å². The summed E-state index contributed by atoms with van der Waals surface area (Å²) in [4.78, 5) is 1.33. The predicted octanol–water partition coefficient (Wildman–Crippen LogP) is 5.15. The molecule has 18 heavy (non-hydrogen) atoms. The second kappa shape index (κ2) is 7.50. The highest BCUT2D eigenvalue weighted by molar-refractivity contribution is 7.99. The van der Waals surface area contributed by atoms with Crippen LogP contribution in [0.15, 0.2) is 59.5 Å². The van der Waals surface area contributed by atoms with E-state index in [2.05, 4.69) is 54.6 Å². The summed E-state index contributed by atoms with van der Waals surface area (Å²) in [5, 5.41) is 0. The van der Waals surface area contributed by atoms with Crippen LogP contribution in [0.25, 0.3) is 0 Å². The zero-order valence-electron chi connectivity index (χ0n) is 10.3. The van der Waals surface area contributed by atoms with Crippen molar-refractivity contribution in [2.24, 2.45) is 0 Å². The highest BCUT2D eigenvalue weighted by Gasteiger charge is 1.96. The van der Waals surface area contributed by atoms with Crippen molar-refractivity contribution >= 4 is 23.4 Å². The van der Waals surface area contributed by atoms with E-state index in [1.165, 1.54) is 22.4 Å². The quantitative estimate of drug-likeness (QED) is 0.399. The fourth-order valence-electron chi connectivity index (χ4n) is 1.79. The molecular weight excluding hydrogens is 260 g/mol. The SMILES string of the molecule is ClCc1ccc(SCCCc2ccccc2)cc1. The molecule has 0 nitrogen and oxygen atoms in total. The Kier molecular flexibility index (Phi) is 5.63. The molecule has 0 atom stereocenters. The van der Waals surface area contributed by atoms with Crippen molar-refractivity contribution in [1.29, 1.82) is 0 Å².